The molecule has 0 aliphatic heterocycles. The molecule has 0 atom stereocenters. The Balaban J connectivity index is 1.68. The third-order valence-corrected chi connectivity index (χ3v) is 5.49. The zero-order valence-electron chi connectivity index (χ0n) is 20.1. The summed E-state index contributed by atoms with van der Waals surface area (Å²) < 4.78 is 11.9. The number of ether oxygens (including phenoxy) is 2. The Morgan fingerprint density at radius 3 is 1.86 bits per heavy atom. The molecule has 4 heteroatoms. The van der Waals surface area contributed by atoms with Crippen molar-refractivity contribution < 1.29 is 19.4 Å². The highest BCUT2D eigenvalue weighted by atomic mass is 16.5. The third-order valence-electron chi connectivity index (χ3n) is 5.49. The minimum Gasteiger partial charge on any atom is -0.478 e. The second-order valence-corrected chi connectivity index (χ2v) is 8.19. The number of allylic oxidation sites excluding steroid dienone is 3. The number of carboxylic acid groups (broad SMARTS) is 1. The van der Waals surface area contributed by atoms with Gasteiger partial charge in [-0.3, -0.25) is 0 Å². The first-order valence-electron chi connectivity index (χ1n) is 11.9. The molecule has 0 amide bonds. The highest BCUT2D eigenvalue weighted by molar-refractivity contribution is 5.99. The van der Waals surface area contributed by atoms with Crippen LogP contribution in [0.1, 0.15) is 24.5 Å². The molecule has 0 aromatic heterocycles. The molecule has 0 radical (unpaired) electrons. The smallest absolute Gasteiger partial charge is 0.332 e. The van der Waals surface area contributed by atoms with Crippen LogP contribution < -0.4 is 9.47 Å². The van der Waals surface area contributed by atoms with E-state index in [1.165, 1.54) is 0 Å². The Labute approximate surface area is 211 Å². The van der Waals surface area contributed by atoms with Gasteiger partial charge in [0.25, 0.3) is 0 Å². The summed E-state index contributed by atoms with van der Waals surface area (Å²) in [4.78, 5) is 12.5. The lowest BCUT2D eigenvalue weighted by atomic mass is 9.94. The monoisotopic (exact) mass is 476 g/mol. The summed E-state index contributed by atoms with van der Waals surface area (Å²) in [7, 11) is 0. The van der Waals surface area contributed by atoms with Gasteiger partial charge in [-0.2, -0.15) is 0 Å². The van der Waals surface area contributed by atoms with Gasteiger partial charge in [-0.1, -0.05) is 79.7 Å². The molecule has 0 heterocycles. The van der Waals surface area contributed by atoms with Crippen molar-refractivity contribution >= 4 is 11.5 Å². The maximum atomic E-state index is 12.5. The second-order valence-electron chi connectivity index (χ2n) is 8.19. The van der Waals surface area contributed by atoms with E-state index in [1.807, 2.05) is 128 Å². The highest BCUT2D eigenvalue weighted by Gasteiger charge is 2.16. The molecule has 0 saturated carbocycles. The molecule has 1 N–H and O–H groups in total. The van der Waals surface area contributed by atoms with E-state index < -0.39 is 5.97 Å². The molecule has 0 aliphatic rings. The van der Waals surface area contributed by atoms with E-state index in [0.29, 0.717) is 22.6 Å². The van der Waals surface area contributed by atoms with Crippen LogP contribution in [0, 0.1) is 0 Å². The van der Waals surface area contributed by atoms with Gasteiger partial charge in [-0.05, 0) is 71.7 Å². The van der Waals surface area contributed by atoms with E-state index >= 15 is 0 Å². The normalized spacial score (nSPS) is 11.7. The summed E-state index contributed by atoms with van der Waals surface area (Å²) in [5.74, 6) is 1.79. The fourth-order valence-corrected chi connectivity index (χ4v) is 3.79. The zero-order valence-corrected chi connectivity index (χ0v) is 20.1. The number of hydrogen-bond acceptors (Lipinski definition) is 3. The topological polar surface area (TPSA) is 55.8 Å². The van der Waals surface area contributed by atoms with E-state index in [1.54, 1.807) is 0 Å². The van der Waals surface area contributed by atoms with E-state index in [2.05, 4.69) is 0 Å². The van der Waals surface area contributed by atoms with E-state index in [4.69, 9.17) is 9.47 Å². The molecule has 0 aliphatic carbocycles. The zero-order chi connectivity index (χ0) is 25.2. The first-order chi connectivity index (χ1) is 17.6. The number of benzene rings is 4. The standard InChI is InChI=1S/C32H28O4/c1-2-3-20-30(25-13-11-19-29(23-25)36-27-16-8-5-9-17-27)31(32(33)34)22-24-12-10-18-28(21-24)35-26-14-6-4-7-15-26/h3-21,23H,2,22H2,1H3,(H,33,34)/b20-3-,31-30-. The molecule has 0 unspecified atom stereocenters. The van der Waals surface area contributed by atoms with Crippen molar-refractivity contribution in [2.24, 2.45) is 0 Å². The van der Waals surface area contributed by atoms with Crippen molar-refractivity contribution in [1.29, 1.82) is 0 Å². The van der Waals surface area contributed by atoms with Gasteiger partial charge in [0.2, 0.25) is 0 Å². The predicted molar refractivity (Wildman–Crippen MR) is 144 cm³/mol. The Morgan fingerprint density at radius 1 is 0.722 bits per heavy atom. The van der Waals surface area contributed by atoms with Gasteiger partial charge in [0.1, 0.15) is 23.0 Å². The third kappa shape index (κ3) is 6.73. The first-order valence-corrected chi connectivity index (χ1v) is 11.9. The van der Waals surface area contributed by atoms with Gasteiger partial charge < -0.3 is 14.6 Å². The van der Waals surface area contributed by atoms with Gasteiger partial charge >= 0.3 is 5.97 Å². The van der Waals surface area contributed by atoms with Crippen molar-refractivity contribution in [3.05, 3.63) is 138 Å². The lowest BCUT2D eigenvalue weighted by Crippen LogP contribution is -2.07. The number of para-hydroxylation sites is 2. The molecular formula is C32H28O4. The minimum atomic E-state index is -0.963. The van der Waals surface area contributed by atoms with Gasteiger partial charge in [-0.15, -0.1) is 0 Å². The van der Waals surface area contributed by atoms with Crippen LogP contribution in [0.25, 0.3) is 5.57 Å². The highest BCUT2D eigenvalue weighted by Crippen LogP contribution is 2.30. The summed E-state index contributed by atoms with van der Waals surface area (Å²) in [6, 6.07) is 34.1. The molecule has 4 aromatic rings. The maximum Gasteiger partial charge on any atom is 0.332 e. The van der Waals surface area contributed by atoms with Crippen LogP contribution in [-0.4, -0.2) is 11.1 Å². The fourth-order valence-electron chi connectivity index (χ4n) is 3.79. The lowest BCUT2D eigenvalue weighted by Gasteiger charge is -2.13. The van der Waals surface area contributed by atoms with Crippen LogP contribution in [0.4, 0.5) is 0 Å². The molecule has 0 spiro atoms. The van der Waals surface area contributed by atoms with Crippen LogP contribution in [-0.2, 0) is 11.2 Å². The van der Waals surface area contributed by atoms with E-state index in [0.717, 1.165) is 29.0 Å². The number of carbonyl (C=O) groups is 1. The number of rotatable bonds is 10. The minimum absolute atomic E-state index is 0.245. The molecule has 4 aromatic carbocycles. The quantitative estimate of drug-likeness (QED) is 0.185. The molecule has 180 valence electrons. The van der Waals surface area contributed by atoms with E-state index in [9.17, 15) is 9.90 Å². The van der Waals surface area contributed by atoms with Gasteiger partial charge in [-0.25, -0.2) is 4.79 Å². The van der Waals surface area contributed by atoms with Gasteiger partial charge in [0.05, 0.1) is 0 Å². The Morgan fingerprint density at radius 2 is 1.28 bits per heavy atom. The number of carboxylic acids is 1. The lowest BCUT2D eigenvalue weighted by molar-refractivity contribution is -0.132. The predicted octanol–water partition coefficient (Wildman–Crippen LogP) is 8.32. The SMILES string of the molecule is CC/C=C\C(=C(/Cc1cccc(Oc2ccccc2)c1)C(=O)O)c1cccc(Oc2ccccc2)c1. The van der Waals surface area contributed by atoms with E-state index in [-0.39, 0.29) is 6.42 Å². The van der Waals surface area contributed by atoms with Crippen LogP contribution >= 0.6 is 0 Å². The van der Waals surface area contributed by atoms with Crippen molar-refractivity contribution in [1.82, 2.24) is 0 Å². The van der Waals surface area contributed by atoms with Crippen molar-refractivity contribution in [3.8, 4) is 23.0 Å². The summed E-state index contributed by atoms with van der Waals surface area (Å²) in [5.41, 5.74) is 2.58. The largest absolute Gasteiger partial charge is 0.478 e. The summed E-state index contributed by atoms with van der Waals surface area (Å²) in [6.45, 7) is 2.02. The molecule has 0 fully saturated rings. The molecular weight excluding hydrogens is 448 g/mol. The number of aliphatic carboxylic acids is 1. The molecule has 4 rings (SSSR count). The summed E-state index contributed by atoms with van der Waals surface area (Å²) >= 11 is 0. The average Bonchev–Trinajstić information content (AvgIpc) is 2.90. The van der Waals surface area contributed by atoms with Crippen molar-refractivity contribution in [3.63, 3.8) is 0 Å². The summed E-state index contributed by atoms with van der Waals surface area (Å²) in [6.07, 6.45) is 4.89. The van der Waals surface area contributed by atoms with Gasteiger partial charge in [0.15, 0.2) is 0 Å². The fraction of sp³-hybridized carbons (Fsp3) is 0.0938. The number of hydrogen-bond donors (Lipinski definition) is 1. The second kappa shape index (κ2) is 12.2. The Kier molecular flexibility index (Phi) is 8.34. The first kappa shape index (κ1) is 24.6. The molecule has 36 heavy (non-hydrogen) atoms. The maximum absolute atomic E-state index is 12.5. The van der Waals surface area contributed by atoms with Crippen molar-refractivity contribution in [2.75, 3.05) is 0 Å². The van der Waals surface area contributed by atoms with Crippen LogP contribution in [0.5, 0.6) is 23.0 Å². The van der Waals surface area contributed by atoms with Crippen LogP contribution in [0.3, 0.4) is 0 Å². The molecule has 4 nitrogen and oxygen atoms in total. The molecule has 0 saturated heterocycles. The Hall–Kier alpha value is -4.57. The molecule has 0 bridgehead atoms. The average molecular weight is 477 g/mol. The van der Waals surface area contributed by atoms with Crippen molar-refractivity contribution in [2.45, 2.75) is 19.8 Å². The summed E-state index contributed by atoms with van der Waals surface area (Å²) in [5, 5.41) is 10.2. The van der Waals surface area contributed by atoms with Gasteiger partial charge in [0, 0.05) is 12.0 Å². The van der Waals surface area contributed by atoms with Crippen LogP contribution in [0.15, 0.2) is 127 Å². The Bertz CT molecular complexity index is 1360. The van der Waals surface area contributed by atoms with Crippen LogP contribution in [0.2, 0.25) is 0 Å².